The van der Waals surface area contributed by atoms with Crippen molar-refractivity contribution in [2.45, 2.75) is 48.4 Å². The van der Waals surface area contributed by atoms with E-state index in [1.165, 1.54) is 23.9 Å². The zero-order valence-electron chi connectivity index (χ0n) is 21.6. The number of carboxylic acid groups (broad SMARTS) is 2. The number of aromatic carboxylic acids is 1. The average molecular weight is 551 g/mol. The third kappa shape index (κ3) is 11.3. The van der Waals surface area contributed by atoms with Gasteiger partial charge in [0.15, 0.2) is 0 Å². The van der Waals surface area contributed by atoms with Gasteiger partial charge in [-0.15, -0.1) is 11.8 Å². The number of aliphatic carboxylic acids is 1. The minimum atomic E-state index is -0.997. The number of hydrogen-bond acceptors (Lipinski definition) is 6. The minimum Gasteiger partial charge on any atom is -0.493 e. The maximum Gasteiger partial charge on any atom is 0.335 e. The number of thioether (sulfide) groups is 1. The molecule has 8 heteroatoms. The molecule has 0 aliphatic rings. The van der Waals surface area contributed by atoms with E-state index in [9.17, 15) is 14.7 Å². The second-order valence-electron chi connectivity index (χ2n) is 8.91. The number of aliphatic hydroxyl groups excluding tert-OH is 1. The summed E-state index contributed by atoms with van der Waals surface area (Å²) in [6.07, 6.45) is 5.25. The lowest BCUT2D eigenvalue weighted by Crippen LogP contribution is -2.21. The Morgan fingerprint density at radius 1 is 0.846 bits per heavy atom. The van der Waals surface area contributed by atoms with E-state index < -0.39 is 18.0 Å². The van der Waals surface area contributed by atoms with Crippen LogP contribution in [0.1, 0.15) is 41.6 Å². The highest BCUT2D eigenvalue weighted by atomic mass is 32.2. The molecule has 3 aromatic carbocycles. The predicted octanol–water partition coefficient (Wildman–Crippen LogP) is 6.11. The lowest BCUT2D eigenvalue weighted by molar-refractivity contribution is -0.137. The molecule has 0 radical (unpaired) electrons. The van der Waals surface area contributed by atoms with Crippen molar-refractivity contribution in [1.29, 1.82) is 0 Å². The minimum absolute atomic E-state index is 0.00333. The quantitative estimate of drug-likeness (QED) is 0.105. The number of carbonyl (C=O) groups is 2. The van der Waals surface area contributed by atoms with Crippen molar-refractivity contribution >= 4 is 23.7 Å². The molecule has 39 heavy (non-hydrogen) atoms. The van der Waals surface area contributed by atoms with E-state index in [0.29, 0.717) is 32.5 Å². The predicted molar refractivity (Wildman–Crippen MR) is 152 cm³/mol. The number of benzene rings is 3. The molecule has 0 bridgehead atoms. The van der Waals surface area contributed by atoms with Crippen LogP contribution in [0.15, 0.2) is 95.9 Å². The van der Waals surface area contributed by atoms with Crippen molar-refractivity contribution in [2.24, 2.45) is 0 Å². The first-order valence-corrected chi connectivity index (χ1v) is 13.7. The zero-order chi connectivity index (χ0) is 27.9. The van der Waals surface area contributed by atoms with E-state index in [1.54, 1.807) is 12.1 Å². The van der Waals surface area contributed by atoms with E-state index in [-0.39, 0.29) is 17.2 Å². The SMILES string of the molecule is O=C(O)CCC[C@H](O)[C@@H](/C=C\Cc1cccc(OCCCOc2ccccc2)c1)Sc1ccc(C(=O)O)cc1. The van der Waals surface area contributed by atoms with Crippen LogP contribution in [0.4, 0.5) is 0 Å². The lowest BCUT2D eigenvalue weighted by Gasteiger charge is -2.19. The summed E-state index contributed by atoms with van der Waals surface area (Å²) in [6, 6.07) is 24.0. The molecule has 3 rings (SSSR count). The van der Waals surface area contributed by atoms with Gasteiger partial charge in [0.25, 0.3) is 0 Å². The fourth-order valence-electron chi connectivity index (χ4n) is 3.76. The molecule has 0 saturated carbocycles. The van der Waals surface area contributed by atoms with Gasteiger partial charge in [-0.2, -0.15) is 0 Å². The number of ether oxygens (including phenoxy) is 2. The molecule has 3 N–H and O–H groups in total. The Hall–Kier alpha value is -3.75. The summed E-state index contributed by atoms with van der Waals surface area (Å²) in [7, 11) is 0. The maximum absolute atomic E-state index is 11.1. The second kappa shape index (κ2) is 16.3. The van der Waals surface area contributed by atoms with Gasteiger partial charge in [0.2, 0.25) is 0 Å². The molecule has 0 aliphatic carbocycles. The van der Waals surface area contributed by atoms with Gasteiger partial charge in [0, 0.05) is 17.7 Å². The molecule has 0 fully saturated rings. The van der Waals surface area contributed by atoms with E-state index in [4.69, 9.17) is 19.7 Å². The molecular formula is C31H34O7S. The summed E-state index contributed by atoms with van der Waals surface area (Å²) in [6.45, 7) is 1.10. The molecule has 0 unspecified atom stereocenters. The van der Waals surface area contributed by atoms with Gasteiger partial charge in [0.1, 0.15) is 11.5 Å². The van der Waals surface area contributed by atoms with Crippen LogP contribution in [-0.2, 0) is 11.2 Å². The third-order valence-corrected chi connectivity index (χ3v) is 7.08. The van der Waals surface area contributed by atoms with Crippen LogP contribution in [-0.4, -0.2) is 51.8 Å². The van der Waals surface area contributed by atoms with E-state index in [0.717, 1.165) is 28.4 Å². The lowest BCUT2D eigenvalue weighted by atomic mass is 10.1. The normalized spacial score (nSPS) is 12.6. The summed E-state index contributed by atoms with van der Waals surface area (Å²) in [4.78, 5) is 22.8. The van der Waals surface area contributed by atoms with Crippen LogP contribution >= 0.6 is 11.8 Å². The number of allylic oxidation sites excluding steroid dienone is 1. The molecule has 7 nitrogen and oxygen atoms in total. The van der Waals surface area contributed by atoms with E-state index in [1.807, 2.05) is 66.7 Å². The molecule has 3 aromatic rings. The maximum atomic E-state index is 11.1. The molecule has 0 heterocycles. The van der Waals surface area contributed by atoms with Crippen LogP contribution in [0.5, 0.6) is 11.5 Å². The van der Waals surface area contributed by atoms with Gasteiger partial charge in [-0.1, -0.05) is 42.5 Å². The smallest absolute Gasteiger partial charge is 0.335 e. The Bertz CT molecular complexity index is 1200. The Morgan fingerprint density at radius 2 is 1.54 bits per heavy atom. The fraction of sp³-hybridized carbons (Fsp3) is 0.290. The summed E-state index contributed by atoms with van der Waals surface area (Å²) < 4.78 is 11.6. The highest BCUT2D eigenvalue weighted by Gasteiger charge is 2.18. The molecule has 2 atom stereocenters. The van der Waals surface area contributed by atoms with Crippen LogP contribution in [0.3, 0.4) is 0 Å². The third-order valence-electron chi connectivity index (χ3n) is 5.79. The topological polar surface area (TPSA) is 113 Å². The van der Waals surface area contributed by atoms with Crippen molar-refractivity contribution in [3.63, 3.8) is 0 Å². The summed E-state index contributed by atoms with van der Waals surface area (Å²) in [5, 5.41) is 28.5. The Balaban J connectivity index is 1.54. The summed E-state index contributed by atoms with van der Waals surface area (Å²) in [5.41, 5.74) is 1.25. The molecular weight excluding hydrogens is 516 g/mol. The number of para-hydroxylation sites is 1. The molecule has 0 spiro atoms. The number of carboxylic acids is 2. The molecule has 0 saturated heterocycles. The van der Waals surface area contributed by atoms with Gasteiger partial charge in [-0.3, -0.25) is 4.79 Å². The molecule has 0 amide bonds. The number of rotatable bonds is 17. The molecule has 206 valence electrons. The van der Waals surface area contributed by atoms with Crippen molar-refractivity contribution < 1.29 is 34.4 Å². The molecule has 0 aliphatic heterocycles. The van der Waals surface area contributed by atoms with Crippen LogP contribution in [0.2, 0.25) is 0 Å². The fourth-order valence-corrected chi connectivity index (χ4v) is 4.85. The van der Waals surface area contributed by atoms with Crippen molar-refractivity contribution in [3.05, 3.63) is 102 Å². The Morgan fingerprint density at radius 3 is 2.23 bits per heavy atom. The highest BCUT2D eigenvalue weighted by Crippen LogP contribution is 2.29. The van der Waals surface area contributed by atoms with Crippen LogP contribution in [0, 0.1) is 0 Å². The average Bonchev–Trinajstić information content (AvgIpc) is 2.93. The van der Waals surface area contributed by atoms with Gasteiger partial charge in [0.05, 0.1) is 30.1 Å². The van der Waals surface area contributed by atoms with E-state index >= 15 is 0 Å². The van der Waals surface area contributed by atoms with Gasteiger partial charge >= 0.3 is 11.9 Å². The number of aliphatic hydroxyl groups is 1. The summed E-state index contributed by atoms with van der Waals surface area (Å²) >= 11 is 1.41. The largest absolute Gasteiger partial charge is 0.493 e. The second-order valence-corrected chi connectivity index (χ2v) is 10.2. The standard InChI is InChI=1S/C31H34O7S/c32-28(13-6-15-30(33)34)29(39-27-18-16-24(17-19-27)31(35)36)14-5-9-23-8-4-12-26(22-23)38-21-7-20-37-25-10-2-1-3-11-25/h1-5,8,10-12,14,16-19,22,28-29,32H,6-7,9,13,15,20-21H2,(H,33,34)(H,35,36)/b14-5-/t28-,29+/m0/s1. The van der Waals surface area contributed by atoms with Gasteiger partial charge < -0.3 is 24.8 Å². The van der Waals surface area contributed by atoms with Crippen LogP contribution < -0.4 is 9.47 Å². The first-order chi connectivity index (χ1) is 18.9. The van der Waals surface area contributed by atoms with Gasteiger partial charge in [-0.05, 0) is 73.4 Å². The Labute approximate surface area is 233 Å². The monoisotopic (exact) mass is 550 g/mol. The number of hydrogen-bond donors (Lipinski definition) is 3. The summed E-state index contributed by atoms with van der Waals surface area (Å²) in [5.74, 6) is -0.272. The first-order valence-electron chi connectivity index (χ1n) is 12.9. The molecule has 0 aromatic heterocycles. The van der Waals surface area contributed by atoms with Crippen LogP contribution in [0.25, 0.3) is 0 Å². The van der Waals surface area contributed by atoms with Crippen molar-refractivity contribution in [1.82, 2.24) is 0 Å². The van der Waals surface area contributed by atoms with Crippen molar-refractivity contribution in [2.75, 3.05) is 13.2 Å². The van der Waals surface area contributed by atoms with E-state index in [2.05, 4.69) is 0 Å². The van der Waals surface area contributed by atoms with Gasteiger partial charge in [-0.25, -0.2) is 4.79 Å². The zero-order valence-corrected chi connectivity index (χ0v) is 22.5. The first kappa shape index (κ1) is 29.8. The highest BCUT2D eigenvalue weighted by molar-refractivity contribution is 8.00. The van der Waals surface area contributed by atoms with Crippen molar-refractivity contribution in [3.8, 4) is 11.5 Å². The Kier molecular flexibility index (Phi) is 12.4.